The van der Waals surface area contributed by atoms with Gasteiger partial charge in [-0.3, -0.25) is 4.57 Å². The topological polar surface area (TPSA) is 35.6 Å². The van der Waals surface area contributed by atoms with Gasteiger partial charge >= 0.3 is 0 Å². The normalized spacial score (nSPS) is 11.7. The molecule has 0 aliphatic rings. The van der Waals surface area contributed by atoms with Crippen molar-refractivity contribution < 1.29 is 0 Å². The van der Waals surface area contributed by atoms with Gasteiger partial charge in [0, 0.05) is 39.2 Å². The Balaban J connectivity index is 1.68. The molecule has 0 fully saturated rings. The van der Waals surface area contributed by atoms with Gasteiger partial charge in [-0.15, -0.1) is 0 Å². The Kier molecular flexibility index (Phi) is 5.45. The molecule has 39 heavy (non-hydrogen) atoms. The molecule has 0 aliphatic carbocycles. The molecule has 0 radical (unpaired) electrons. The molecule has 0 amide bonds. The van der Waals surface area contributed by atoms with E-state index in [9.17, 15) is 0 Å². The molecule has 0 N–H and O–H groups in total. The van der Waals surface area contributed by atoms with Crippen molar-refractivity contribution in [2.24, 2.45) is 0 Å². The monoisotopic (exact) mass is 502 g/mol. The molecule has 4 aromatic carbocycles. The quantitative estimate of drug-likeness (QED) is 0.236. The fourth-order valence-electron chi connectivity index (χ4n) is 5.68. The van der Waals surface area contributed by atoms with Gasteiger partial charge in [-0.25, -0.2) is 9.97 Å². The second-order valence-electron chi connectivity index (χ2n) is 9.49. The van der Waals surface area contributed by atoms with Crippen LogP contribution in [0, 0.1) is 0 Å². The lowest BCUT2D eigenvalue weighted by Crippen LogP contribution is -2.04. The van der Waals surface area contributed by atoms with Gasteiger partial charge in [0.2, 0.25) is 5.95 Å². The largest absolute Gasteiger partial charge is 0.307 e. The van der Waals surface area contributed by atoms with E-state index in [-0.39, 0.29) is 0 Å². The summed E-state index contributed by atoms with van der Waals surface area (Å²) in [7, 11) is 0. The average Bonchev–Trinajstić information content (AvgIpc) is 3.51. The number of allylic oxidation sites excluding steroid dienone is 1. The van der Waals surface area contributed by atoms with E-state index in [1.54, 1.807) is 0 Å². The minimum absolute atomic E-state index is 0.642. The van der Waals surface area contributed by atoms with E-state index in [4.69, 9.17) is 9.97 Å². The van der Waals surface area contributed by atoms with Gasteiger partial charge in [-0.05, 0) is 37.3 Å². The number of hydrogen-bond acceptors (Lipinski definition) is 2. The van der Waals surface area contributed by atoms with Crippen molar-refractivity contribution in [3.8, 4) is 22.9 Å². The number of aromatic nitrogens is 4. The number of rotatable bonds is 5. The highest BCUT2D eigenvalue weighted by Gasteiger charge is 2.23. The first kappa shape index (κ1) is 22.9. The number of nitrogens with zero attached hydrogens (tertiary/aromatic N) is 4. The van der Waals surface area contributed by atoms with Gasteiger partial charge in [-0.2, -0.15) is 0 Å². The van der Waals surface area contributed by atoms with Crippen LogP contribution in [-0.2, 0) is 0 Å². The van der Waals surface area contributed by atoms with Gasteiger partial charge in [-0.1, -0.05) is 97.6 Å². The predicted molar refractivity (Wildman–Crippen MR) is 163 cm³/mol. The molecule has 7 aromatic rings. The molecule has 186 valence electrons. The van der Waals surface area contributed by atoms with Gasteiger partial charge in [0.1, 0.15) is 0 Å². The van der Waals surface area contributed by atoms with Crippen LogP contribution in [0.25, 0.3) is 67.8 Å². The number of fused-ring (bicyclic) bond motifs is 5. The first-order valence-electron chi connectivity index (χ1n) is 13.1. The molecule has 4 heteroatoms. The highest BCUT2D eigenvalue weighted by Crippen LogP contribution is 2.41. The molecule has 0 bridgehead atoms. The van der Waals surface area contributed by atoms with E-state index in [0.717, 1.165) is 60.9 Å². The zero-order valence-electron chi connectivity index (χ0n) is 21.6. The molecule has 3 aromatic heterocycles. The zero-order valence-corrected chi connectivity index (χ0v) is 21.6. The Labute approximate surface area is 226 Å². The molecule has 0 unspecified atom stereocenters. The summed E-state index contributed by atoms with van der Waals surface area (Å²) in [6.45, 7) is 6.27. The molecular weight excluding hydrogens is 476 g/mol. The maximum atomic E-state index is 5.09. The molecule has 3 heterocycles. The number of hydrogen-bond donors (Lipinski definition) is 0. The highest BCUT2D eigenvalue weighted by molar-refractivity contribution is 6.19. The molecule has 7 rings (SSSR count). The summed E-state index contributed by atoms with van der Waals surface area (Å²) in [5.41, 5.74) is 8.47. The summed E-state index contributed by atoms with van der Waals surface area (Å²) < 4.78 is 4.53. The summed E-state index contributed by atoms with van der Waals surface area (Å²) in [6, 6.07) is 35.7. The molecular formula is C35H26N4. The van der Waals surface area contributed by atoms with Crippen molar-refractivity contribution in [1.29, 1.82) is 0 Å². The second-order valence-corrected chi connectivity index (χ2v) is 9.49. The van der Waals surface area contributed by atoms with Gasteiger partial charge in [0.05, 0.1) is 27.9 Å². The fourth-order valence-corrected chi connectivity index (χ4v) is 5.68. The van der Waals surface area contributed by atoms with Crippen LogP contribution >= 0.6 is 0 Å². The average molecular weight is 503 g/mol. The smallest absolute Gasteiger partial charge is 0.235 e. The minimum Gasteiger partial charge on any atom is -0.307 e. The molecule has 0 atom stereocenters. The predicted octanol–water partition coefficient (Wildman–Crippen LogP) is 8.86. The van der Waals surface area contributed by atoms with Crippen LogP contribution in [0.5, 0.6) is 0 Å². The third kappa shape index (κ3) is 3.53. The summed E-state index contributed by atoms with van der Waals surface area (Å²) in [4.78, 5) is 9.90. The van der Waals surface area contributed by atoms with Crippen LogP contribution < -0.4 is 0 Å². The van der Waals surface area contributed by atoms with Crippen LogP contribution in [0.15, 0.2) is 122 Å². The molecule has 4 nitrogen and oxygen atoms in total. The molecule has 0 aliphatic heterocycles. The molecule has 0 saturated heterocycles. The van der Waals surface area contributed by atoms with Gasteiger partial charge < -0.3 is 4.57 Å². The van der Waals surface area contributed by atoms with Crippen LogP contribution in [0.2, 0.25) is 0 Å². The van der Waals surface area contributed by atoms with Gasteiger partial charge in [0.15, 0.2) is 0 Å². The van der Waals surface area contributed by atoms with Crippen molar-refractivity contribution in [3.05, 3.63) is 133 Å². The Morgan fingerprint density at radius 3 is 2.15 bits per heavy atom. The first-order chi connectivity index (χ1) is 19.3. The second kappa shape index (κ2) is 9.26. The minimum atomic E-state index is 0.642. The Hall–Kier alpha value is -5.22. The maximum Gasteiger partial charge on any atom is 0.235 e. The third-order valence-electron chi connectivity index (χ3n) is 7.29. The fraction of sp³-hybridized carbons (Fsp3) is 0.0286. The van der Waals surface area contributed by atoms with Crippen LogP contribution in [-0.4, -0.2) is 19.1 Å². The van der Waals surface area contributed by atoms with Gasteiger partial charge in [0.25, 0.3) is 0 Å². The van der Waals surface area contributed by atoms with E-state index in [1.807, 2.05) is 42.6 Å². The maximum absolute atomic E-state index is 5.09. The van der Waals surface area contributed by atoms with E-state index in [2.05, 4.69) is 108 Å². The summed E-state index contributed by atoms with van der Waals surface area (Å²) in [6.07, 6.45) is 8.06. The summed E-state index contributed by atoms with van der Waals surface area (Å²) >= 11 is 0. The lowest BCUT2D eigenvalue weighted by Gasteiger charge is -2.12. The summed E-state index contributed by atoms with van der Waals surface area (Å²) in [5, 5.41) is 3.48. The third-order valence-corrected chi connectivity index (χ3v) is 7.29. The number of benzene rings is 4. The van der Waals surface area contributed by atoms with Crippen LogP contribution in [0.1, 0.15) is 18.2 Å². The van der Waals surface area contributed by atoms with Crippen molar-refractivity contribution in [1.82, 2.24) is 19.1 Å². The van der Waals surface area contributed by atoms with Crippen molar-refractivity contribution in [2.45, 2.75) is 6.92 Å². The Bertz CT molecular complexity index is 2030. The van der Waals surface area contributed by atoms with Crippen molar-refractivity contribution >= 4 is 44.9 Å². The zero-order chi connectivity index (χ0) is 26.3. The highest BCUT2D eigenvalue weighted by atomic mass is 15.2. The van der Waals surface area contributed by atoms with Crippen LogP contribution in [0.4, 0.5) is 0 Å². The van der Waals surface area contributed by atoms with Crippen molar-refractivity contribution in [2.75, 3.05) is 0 Å². The first-order valence-corrected chi connectivity index (χ1v) is 13.1. The lowest BCUT2D eigenvalue weighted by molar-refractivity contribution is 0.990. The standard InChI is InChI=1S/C35H26N4/c1-3-13-26-28-20-21-29-27-18-11-12-19-32(27)39(35-36-23-22-30(37-35)24-14-7-5-8-15-24)34(29)33(28)38(31(26)4-2)25-16-9-6-10-17-25/h3-23H,2H2,1H3/b13-3-. The molecule has 0 saturated carbocycles. The lowest BCUT2D eigenvalue weighted by atomic mass is 10.1. The van der Waals surface area contributed by atoms with E-state index in [0.29, 0.717) is 5.95 Å². The van der Waals surface area contributed by atoms with Crippen LogP contribution in [0.3, 0.4) is 0 Å². The van der Waals surface area contributed by atoms with E-state index >= 15 is 0 Å². The Morgan fingerprint density at radius 2 is 1.38 bits per heavy atom. The molecule has 0 spiro atoms. The Morgan fingerprint density at radius 1 is 0.692 bits per heavy atom. The van der Waals surface area contributed by atoms with E-state index in [1.165, 1.54) is 0 Å². The number of para-hydroxylation sites is 2. The SMILES string of the molecule is C=Cc1c(/C=C\C)c2ccc3c4ccccc4n(-c4nccc(-c5ccccc5)n4)c3c2n1-c1ccccc1. The summed E-state index contributed by atoms with van der Waals surface area (Å²) in [5.74, 6) is 0.642. The van der Waals surface area contributed by atoms with Crippen molar-refractivity contribution in [3.63, 3.8) is 0 Å². The van der Waals surface area contributed by atoms with E-state index < -0.39 is 0 Å².